The Bertz CT molecular complexity index is 1460. The molecular weight excluding hydrogens is 430 g/mol. The molecule has 0 aliphatic heterocycles. The molecular formula is C32H27NO2. The quantitative estimate of drug-likeness (QED) is 0.342. The van der Waals surface area contributed by atoms with Gasteiger partial charge in [0.1, 0.15) is 0 Å². The van der Waals surface area contributed by atoms with Crippen LogP contribution in [0.15, 0.2) is 109 Å². The Labute approximate surface area is 206 Å². The molecule has 0 amide bonds. The van der Waals surface area contributed by atoms with E-state index in [-0.39, 0.29) is 17.0 Å². The molecule has 0 atom stereocenters. The van der Waals surface area contributed by atoms with E-state index in [1.54, 1.807) is 24.3 Å². The van der Waals surface area contributed by atoms with Crippen LogP contribution in [-0.4, -0.2) is 11.6 Å². The summed E-state index contributed by atoms with van der Waals surface area (Å²) in [4.78, 5) is 26.2. The van der Waals surface area contributed by atoms with Crippen molar-refractivity contribution in [3.8, 4) is 22.3 Å². The van der Waals surface area contributed by atoms with Crippen molar-refractivity contribution in [1.29, 1.82) is 0 Å². The summed E-state index contributed by atoms with van der Waals surface area (Å²) >= 11 is 0. The van der Waals surface area contributed by atoms with Gasteiger partial charge in [-0.3, -0.25) is 9.59 Å². The van der Waals surface area contributed by atoms with Crippen LogP contribution in [0, 0.1) is 0 Å². The van der Waals surface area contributed by atoms with E-state index in [0.717, 1.165) is 33.5 Å². The third-order valence-electron chi connectivity index (χ3n) is 6.36. The molecule has 1 aliphatic carbocycles. The first kappa shape index (κ1) is 22.5. The number of rotatable bonds is 4. The zero-order valence-electron chi connectivity index (χ0n) is 20.1. The van der Waals surface area contributed by atoms with Crippen molar-refractivity contribution < 1.29 is 9.59 Å². The minimum atomic E-state index is -0.225. The SMILES string of the molecule is CC(C)(C)c1cc(-c2ccccc2)cc(-c2ccccc2)c1NC1=CC(=O)c2ccccc2C1=O. The van der Waals surface area contributed by atoms with Crippen molar-refractivity contribution >= 4 is 17.3 Å². The standard InChI is InChI=1S/C32H27NO2/c1-32(2,3)27-19-23(21-12-6-4-7-13-21)18-26(22-14-8-5-9-15-22)30(27)33-28-20-29(34)24-16-10-11-17-25(24)31(28)35/h4-20,33H,1-3H3. The number of carbonyl (C=O) groups excluding carboxylic acids is 2. The van der Waals surface area contributed by atoms with Gasteiger partial charge in [-0.25, -0.2) is 0 Å². The van der Waals surface area contributed by atoms with E-state index >= 15 is 0 Å². The molecule has 3 heteroatoms. The van der Waals surface area contributed by atoms with Gasteiger partial charge in [0.25, 0.3) is 0 Å². The van der Waals surface area contributed by atoms with Gasteiger partial charge in [0.05, 0.1) is 11.4 Å². The minimum absolute atomic E-state index is 0.165. The summed E-state index contributed by atoms with van der Waals surface area (Å²) in [6.07, 6.45) is 1.43. The molecule has 4 aromatic rings. The number of anilines is 1. The van der Waals surface area contributed by atoms with E-state index in [1.807, 2.05) is 36.4 Å². The molecule has 35 heavy (non-hydrogen) atoms. The van der Waals surface area contributed by atoms with Crippen molar-refractivity contribution in [3.05, 3.63) is 126 Å². The molecule has 0 heterocycles. The maximum atomic E-state index is 13.4. The van der Waals surface area contributed by atoms with E-state index in [4.69, 9.17) is 0 Å². The lowest BCUT2D eigenvalue weighted by Crippen LogP contribution is -2.23. The van der Waals surface area contributed by atoms with Gasteiger partial charge in [0.2, 0.25) is 5.78 Å². The molecule has 0 bridgehead atoms. The van der Waals surface area contributed by atoms with Gasteiger partial charge in [-0.2, -0.15) is 0 Å². The predicted molar refractivity (Wildman–Crippen MR) is 143 cm³/mol. The third-order valence-corrected chi connectivity index (χ3v) is 6.36. The topological polar surface area (TPSA) is 46.2 Å². The van der Waals surface area contributed by atoms with Crippen molar-refractivity contribution in [2.24, 2.45) is 0 Å². The van der Waals surface area contributed by atoms with Gasteiger partial charge in [-0.05, 0) is 39.8 Å². The summed E-state index contributed by atoms with van der Waals surface area (Å²) < 4.78 is 0. The highest BCUT2D eigenvalue weighted by atomic mass is 16.1. The van der Waals surface area contributed by atoms with E-state index < -0.39 is 0 Å². The van der Waals surface area contributed by atoms with Crippen LogP contribution in [0.1, 0.15) is 47.1 Å². The summed E-state index contributed by atoms with van der Waals surface area (Å²) in [6.45, 7) is 6.48. The van der Waals surface area contributed by atoms with Gasteiger partial charge in [-0.1, -0.05) is 106 Å². The molecule has 0 fully saturated rings. The Morgan fingerprint density at radius 3 is 1.80 bits per heavy atom. The Kier molecular flexibility index (Phi) is 5.70. The fourth-order valence-corrected chi connectivity index (χ4v) is 4.55. The summed E-state index contributed by atoms with van der Waals surface area (Å²) in [6, 6.07) is 31.8. The first-order chi connectivity index (χ1) is 16.8. The molecule has 0 spiro atoms. The lowest BCUT2D eigenvalue weighted by atomic mass is 9.81. The van der Waals surface area contributed by atoms with E-state index in [0.29, 0.717) is 16.8 Å². The highest BCUT2D eigenvalue weighted by Crippen LogP contribution is 2.42. The summed E-state index contributed by atoms with van der Waals surface area (Å²) in [7, 11) is 0. The number of nitrogens with one attached hydrogen (secondary N) is 1. The average Bonchev–Trinajstić information content (AvgIpc) is 2.87. The van der Waals surface area contributed by atoms with Crippen LogP contribution in [0.2, 0.25) is 0 Å². The Hall–Kier alpha value is -4.24. The van der Waals surface area contributed by atoms with Crippen LogP contribution in [0.25, 0.3) is 22.3 Å². The fourth-order valence-electron chi connectivity index (χ4n) is 4.55. The molecule has 0 saturated carbocycles. The third kappa shape index (κ3) is 4.33. The number of allylic oxidation sites excluding steroid dienone is 2. The number of benzene rings is 4. The molecule has 1 aliphatic rings. The van der Waals surface area contributed by atoms with E-state index in [1.165, 1.54) is 6.08 Å². The van der Waals surface area contributed by atoms with Gasteiger partial charge in [0, 0.05) is 22.8 Å². The lowest BCUT2D eigenvalue weighted by Gasteiger charge is -2.28. The molecule has 1 N–H and O–H groups in total. The average molecular weight is 458 g/mol. The number of hydrogen-bond donors (Lipinski definition) is 1. The Morgan fingerprint density at radius 2 is 1.17 bits per heavy atom. The molecule has 0 radical (unpaired) electrons. The maximum Gasteiger partial charge on any atom is 0.210 e. The van der Waals surface area contributed by atoms with Crippen molar-refractivity contribution in [1.82, 2.24) is 0 Å². The zero-order chi connectivity index (χ0) is 24.6. The normalized spacial score (nSPS) is 13.3. The molecule has 5 rings (SSSR count). The second-order valence-electron chi connectivity index (χ2n) is 9.85. The van der Waals surface area contributed by atoms with Crippen molar-refractivity contribution in [2.75, 3.05) is 5.32 Å². The first-order valence-corrected chi connectivity index (χ1v) is 11.8. The highest BCUT2D eigenvalue weighted by molar-refractivity contribution is 6.25. The minimum Gasteiger partial charge on any atom is -0.351 e. The summed E-state index contributed by atoms with van der Waals surface area (Å²) in [5.74, 6) is -0.339. The molecule has 3 nitrogen and oxygen atoms in total. The summed E-state index contributed by atoms with van der Waals surface area (Å²) in [5.41, 5.74) is 7.10. The Morgan fingerprint density at radius 1 is 0.600 bits per heavy atom. The highest BCUT2D eigenvalue weighted by Gasteiger charge is 2.28. The molecule has 0 unspecified atom stereocenters. The van der Waals surface area contributed by atoms with Crippen molar-refractivity contribution in [3.63, 3.8) is 0 Å². The number of carbonyl (C=O) groups is 2. The largest absolute Gasteiger partial charge is 0.351 e. The van der Waals surface area contributed by atoms with Crippen LogP contribution < -0.4 is 5.32 Å². The number of ketones is 2. The molecule has 172 valence electrons. The second-order valence-corrected chi connectivity index (χ2v) is 9.85. The van der Waals surface area contributed by atoms with Crippen LogP contribution in [0.5, 0.6) is 0 Å². The number of Topliss-reactive ketones (excluding diaryl/α,β-unsaturated/α-hetero) is 1. The van der Waals surface area contributed by atoms with Crippen LogP contribution >= 0.6 is 0 Å². The van der Waals surface area contributed by atoms with Crippen LogP contribution in [0.3, 0.4) is 0 Å². The van der Waals surface area contributed by atoms with Crippen molar-refractivity contribution in [2.45, 2.75) is 26.2 Å². The monoisotopic (exact) mass is 457 g/mol. The smallest absolute Gasteiger partial charge is 0.210 e. The molecule has 0 aromatic heterocycles. The number of fused-ring (bicyclic) bond motifs is 1. The lowest BCUT2D eigenvalue weighted by molar-refractivity contribution is 0.0985. The maximum absolute atomic E-state index is 13.4. The van der Waals surface area contributed by atoms with E-state index in [9.17, 15) is 9.59 Å². The fraction of sp³-hybridized carbons (Fsp3) is 0.125. The van der Waals surface area contributed by atoms with Gasteiger partial charge < -0.3 is 5.32 Å². The number of hydrogen-bond acceptors (Lipinski definition) is 3. The predicted octanol–water partition coefficient (Wildman–Crippen LogP) is 7.69. The van der Waals surface area contributed by atoms with Gasteiger partial charge >= 0.3 is 0 Å². The second kappa shape index (κ2) is 8.84. The van der Waals surface area contributed by atoms with Gasteiger partial charge in [0.15, 0.2) is 5.78 Å². The molecule has 4 aromatic carbocycles. The first-order valence-electron chi connectivity index (χ1n) is 11.8. The van der Waals surface area contributed by atoms with Crippen LogP contribution in [-0.2, 0) is 5.41 Å². The van der Waals surface area contributed by atoms with Crippen LogP contribution in [0.4, 0.5) is 5.69 Å². The van der Waals surface area contributed by atoms with E-state index in [2.05, 4.69) is 62.5 Å². The van der Waals surface area contributed by atoms with Gasteiger partial charge in [-0.15, -0.1) is 0 Å². The molecule has 0 saturated heterocycles. The Balaban J connectivity index is 1.72. The zero-order valence-corrected chi connectivity index (χ0v) is 20.1. The summed E-state index contributed by atoms with van der Waals surface area (Å²) in [5, 5.41) is 3.41.